The third-order valence-corrected chi connectivity index (χ3v) is 3.51. The van der Waals surface area contributed by atoms with E-state index in [0.29, 0.717) is 34.0 Å². The molecular formula is C14H14Cl3NO2. The van der Waals surface area contributed by atoms with E-state index in [1.54, 1.807) is 18.4 Å². The Labute approximate surface area is 132 Å². The van der Waals surface area contributed by atoms with Crippen molar-refractivity contribution in [2.45, 2.75) is 13.0 Å². The molecule has 0 bridgehead atoms. The lowest BCUT2D eigenvalue weighted by atomic mass is 10.2. The normalized spacial score (nSPS) is 12.4. The van der Waals surface area contributed by atoms with Gasteiger partial charge in [0.1, 0.15) is 12.4 Å². The van der Waals surface area contributed by atoms with Crippen molar-refractivity contribution in [2.75, 3.05) is 13.2 Å². The number of halogens is 3. The summed E-state index contributed by atoms with van der Waals surface area (Å²) in [5.41, 5.74) is 0. The highest BCUT2D eigenvalue weighted by atomic mass is 35.5. The van der Waals surface area contributed by atoms with Crippen molar-refractivity contribution < 1.29 is 9.15 Å². The number of furan rings is 1. The zero-order valence-corrected chi connectivity index (χ0v) is 13.1. The molecule has 1 aromatic heterocycles. The molecule has 2 aromatic rings. The Bertz CT molecular complexity index is 535. The van der Waals surface area contributed by atoms with Gasteiger partial charge in [0.15, 0.2) is 5.75 Å². The molecule has 0 radical (unpaired) electrons. The molecule has 3 nitrogen and oxygen atoms in total. The summed E-state index contributed by atoms with van der Waals surface area (Å²) >= 11 is 17.9. The molecule has 0 fully saturated rings. The summed E-state index contributed by atoms with van der Waals surface area (Å²) in [6, 6.07) is 7.10. The standard InChI is InChI=1S/C14H14Cl3NO2/c1-9(13-3-2-5-19-13)18-4-6-20-14-11(16)7-10(15)8-12(14)17/h2-3,5,7-9,18H,4,6H2,1H3. The SMILES string of the molecule is CC(NCCOc1c(Cl)cc(Cl)cc1Cl)c1ccco1. The molecule has 0 saturated heterocycles. The van der Waals surface area contributed by atoms with Crippen LogP contribution in [0.3, 0.4) is 0 Å². The highest BCUT2D eigenvalue weighted by Gasteiger charge is 2.10. The summed E-state index contributed by atoms with van der Waals surface area (Å²) in [5.74, 6) is 1.33. The highest BCUT2D eigenvalue weighted by molar-refractivity contribution is 6.40. The maximum atomic E-state index is 6.03. The molecule has 0 saturated carbocycles. The van der Waals surface area contributed by atoms with Crippen molar-refractivity contribution in [2.24, 2.45) is 0 Å². The summed E-state index contributed by atoms with van der Waals surface area (Å²) in [5, 5.41) is 4.57. The van der Waals surface area contributed by atoms with Crippen LogP contribution in [-0.4, -0.2) is 13.2 Å². The van der Waals surface area contributed by atoms with Gasteiger partial charge in [-0.25, -0.2) is 0 Å². The topological polar surface area (TPSA) is 34.4 Å². The number of hydrogen-bond donors (Lipinski definition) is 1. The van der Waals surface area contributed by atoms with Gasteiger partial charge in [-0.3, -0.25) is 0 Å². The van der Waals surface area contributed by atoms with Gasteiger partial charge >= 0.3 is 0 Å². The van der Waals surface area contributed by atoms with Gasteiger partial charge in [-0.1, -0.05) is 34.8 Å². The summed E-state index contributed by atoms with van der Waals surface area (Å²) in [4.78, 5) is 0. The van der Waals surface area contributed by atoms with Gasteiger partial charge in [0, 0.05) is 11.6 Å². The van der Waals surface area contributed by atoms with Gasteiger partial charge < -0.3 is 14.5 Å². The van der Waals surface area contributed by atoms with Crippen molar-refractivity contribution in [1.29, 1.82) is 0 Å². The molecular weight excluding hydrogens is 321 g/mol. The van der Waals surface area contributed by atoms with Crippen LogP contribution in [0.15, 0.2) is 34.9 Å². The minimum atomic E-state index is 0.116. The van der Waals surface area contributed by atoms with E-state index in [-0.39, 0.29) is 6.04 Å². The monoisotopic (exact) mass is 333 g/mol. The molecule has 1 heterocycles. The van der Waals surface area contributed by atoms with Crippen LogP contribution in [0.4, 0.5) is 0 Å². The van der Waals surface area contributed by atoms with Crippen LogP contribution >= 0.6 is 34.8 Å². The van der Waals surface area contributed by atoms with Crippen molar-refractivity contribution in [1.82, 2.24) is 5.32 Å². The fourth-order valence-corrected chi connectivity index (χ4v) is 2.66. The summed E-state index contributed by atoms with van der Waals surface area (Å²) in [6.45, 7) is 3.09. The quantitative estimate of drug-likeness (QED) is 0.757. The molecule has 0 amide bonds. The second-order valence-electron chi connectivity index (χ2n) is 4.24. The molecule has 20 heavy (non-hydrogen) atoms. The van der Waals surface area contributed by atoms with Gasteiger partial charge in [-0.05, 0) is 31.2 Å². The molecule has 108 valence electrons. The van der Waals surface area contributed by atoms with E-state index in [2.05, 4.69) is 5.32 Å². The van der Waals surface area contributed by atoms with E-state index in [1.807, 2.05) is 19.1 Å². The number of nitrogens with one attached hydrogen (secondary N) is 1. The van der Waals surface area contributed by atoms with Crippen LogP contribution in [0.2, 0.25) is 15.1 Å². The largest absolute Gasteiger partial charge is 0.489 e. The summed E-state index contributed by atoms with van der Waals surface area (Å²) in [7, 11) is 0. The van der Waals surface area contributed by atoms with Crippen LogP contribution in [0.25, 0.3) is 0 Å². The number of hydrogen-bond acceptors (Lipinski definition) is 3. The number of benzene rings is 1. The molecule has 0 spiro atoms. The van der Waals surface area contributed by atoms with Crippen LogP contribution in [0, 0.1) is 0 Å². The van der Waals surface area contributed by atoms with E-state index in [1.165, 1.54) is 0 Å². The molecule has 1 atom stereocenters. The molecule has 6 heteroatoms. The Morgan fingerprint density at radius 2 is 1.95 bits per heavy atom. The van der Waals surface area contributed by atoms with Gasteiger partial charge in [-0.15, -0.1) is 0 Å². The van der Waals surface area contributed by atoms with Gasteiger partial charge in [0.2, 0.25) is 0 Å². The van der Waals surface area contributed by atoms with Crippen molar-refractivity contribution >= 4 is 34.8 Å². The van der Waals surface area contributed by atoms with Gasteiger partial charge in [-0.2, -0.15) is 0 Å². The average Bonchev–Trinajstić information content (AvgIpc) is 2.90. The first-order valence-electron chi connectivity index (χ1n) is 6.12. The molecule has 0 aliphatic heterocycles. The average molecular weight is 335 g/mol. The third-order valence-electron chi connectivity index (χ3n) is 2.73. The first kappa shape index (κ1) is 15.5. The minimum absolute atomic E-state index is 0.116. The lowest BCUT2D eigenvalue weighted by molar-refractivity contribution is 0.302. The Morgan fingerprint density at radius 3 is 2.55 bits per heavy atom. The minimum Gasteiger partial charge on any atom is -0.489 e. The zero-order valence-electron chi connectivity index (χ0n) is 10.8. The smallest absolute Gasteiger partial charge is 0.156 e. The Morgan fingerprint density at radius 1 is 1.25 bits per heavy atom. The molecule has 0 aliphatic carbocycles. The maximum Gasteiger partial charge on any atom is 0.156 e. The summed E-state index contributed by atoms with van der Waals surface area (Å²) < 4.78 is 10.9. The van der Waals surface area contributed by atoms with Crippen LogP contribution < -0.4 is 10.1 Å². The number of rotatable bonds is 6. The highest BCUT2D eigenvalue weighted by Crippen LogP contribution is 2.35. The Balaban J connectivity index is 1.82. The zero-order chi connectivity index (χ0) is 14.5. The first-order chi connectivity index (χ1) is 9.58. The second-order valence-corrected chi connectivity index (χ2v) is 5.49. The molecule has 1 aromatic carbocycles. The molecule has 1 unspecified atom stereocenters. The van der Waals surface area contributed by atoms with Gasteiger partial charge in [0.05, 0.1) is 22.4 Å². The Kier molecular flexibility index (Phi) is 5.61. The van der Waals surface area contributed by atoms with E-state index in [9.17, 15) is 0 Å². The van der Waals surface area contributed by atoms with Crippen molar-refractivity contribution in [3.8, 4) is 5.75 Å². The maximum absolute atomic E-state index is 6.03. The first-order valence-corrected chi connectivity index (χ1v) is 7.25. The summed E-state index contributed by atoms with van der Waals surface area (Å²) in [6.07, 6.45) is 1.65. The van der Waals surface area contributed by atoms with Gasteiger partial charge in [0.25, 0.3) is 0 Å². The molecule has 1 N–H and O–H groups in total. The van der Waals surface area contributed by atoms with Crippen molar-refractivity contribution in [3.05, 3.63) is 51.4 Å². The Hall–Kier alpha value is -0.870. The fourth-order valence-electron chi connectivity index (χ4n) is 1.73. The van der Waals surface area contributed by atoms with E-state index in [0.717, 1.165) is 5.76 Å². The molecule has 2 rings (SSSR count). The van der Waals surface area contributed by atoms with E-state index >= 15 is 0 Å². The van der Waals surface area contributed by atoms with Crippen LogP contribution in [-0.2, 0) is 0 Å². The van der Waals surface area contributed by atoms with E-state index in [4.69, 9.17) is 44.0 Å². The third kappa shape index (κ3) is 4.06. The predicted molar refractivity (Wildman–Crippen MR) is 82.1 cm³/mol. The van der Waals surface area contributed by atoms with Crippen molar-refractivity contribution in [3.63, 3.8) is 0 Å². The predicted octanol–water partition coefficient (Wildman–Crippen LogP) is 4.97. The fraction of sp³-hybridized carbons (Fsp3) is 0.286. The molecule has 0 aliphatic rings. The van der Waals surface area contributed by atoms with Crippen LogP contribution in [0.1, 0.15) is 18.7 Å². The lowest BCUT2D eigenvalue weighted by Gasteiger charge is -2.13. The second kappa shape index (κ2) is 7.23. The van der Waals surface area contributed by atoms with Crippen LogP contribution in [0.5, 0.6) is 5.75 Å². The number of ether oxygens (including phenoxy) is 1. The lowest BCUT2D eigenvalue weighted by Crippen LogP contribution is -2.24. The van der Waals surface area contributed by atoms with E-state index < -0.39 is 0 Å².